The van der Waals surface area contributed by atoms with Gasteiger partial charge in [-0.2, -0.15) is 5.26 Å². The van der Waals surface area contributed by atoms with Gasteiger partial charge in [-0.15, -0.1) is 10.2 Å². The second kappa shape index (κ2) is 6.89. The van der Waals surface area contributed by atoms with Gasteiger partial charge >= 0.3 is 0 Å². The molecule has 0 aliphatic carbocycles. The van der Waals surface area contributed by atoms with Crippen molar-refractivity contribution < 1.29 is 4.79 Å². The van der Waals surface area contributed by atoms with Crippen molar-refractivity contribution in [2.24, 2.45) is 0 Å². The fourth-order valence-electron chi connectivity index (χ4n) is 1.46. The molecule has 2 rings (SSSR count). The smallest absolute Gasteiger partial charge is 0.237 e. The highest BCUT2D eigenvalue weighted by atomic mass is 35.5. The summed E-state index contributed by atoms with van der Waals surface area (Å²) in [5.74, 6) is -0.159. The maximum atomic E-state index is 12.1. The number of carbonyl (C=O) groups is 1. The Morgan fingerprint density at radius 3 is 2.86 bits per heavy atom. The lowest BCUT2D eigenvalue weighted by Crippen LogP contribution is -2.22. The lowest BCUT2D eigenvalue weighted by atomic mass is 10.2. The van der Waals surface area contributed by atoms with E-state index in [-0.39, 0.29) is 11.2 Å². The first-order chi connectivity index (χ1) is 9.99. The quantitative estimate of drug-likeness (QED) is 0.863. The Kier molecular flexibility index (Phi) is 5.17. The summed E-state index contributed by atoms with van der Waals surface area (Å²) >= 11 is 8.73. The highest BCUT2D eigenvalue weighted by Crippen LogP contribution is 2.27. The van der Waals surface area contributed by atoms with Gasteiger partial charge in [0.15, 0.2) is 4.34 Å². The molecule has 2 aromatic rings. The van der Waals surface area contributed by atoms with E-state index < -0.39 is 0 Å². The number of nitrogens with zero attached hydrogens (tertiary/aromatic N) is 3. The molecule has 0 saturated heterocycles. The van der Waals surface area contributed by atoms with E-state index in [1.165, 1.54) is 23.1 Å². The Labute approximate surface area is 135 Å². The van der Waals surface area contributed by atoms with Gasteiger partial charge in [-0.3, -0.25) is 4.79 Å². The molecule has 0 bridgehead atoms. The number of aryl methyl sites for hydroxylation is 1. The molecule has 1 heterocycles. The molecule has 1 aromatic carbocycles. The number of benzene rings is 1. The van der Waals surface area contributed by atoms with Crippen molar-refractivity contribution in [3.8, 4) is 6.07 Å². The van der Waals surface area contributed by atoms with Crippen molar-refractivity contribution in [1.29, 1.82) is 5.26 Å². The maximum absolute atomic E-state index is 12.1. The van der Waals surface area contributed by atoms with Crippen molar-refractivity contribution in [3.05, 3.63) is 33.8 Å². The van der Waals surface area contributed by atoms with Crippen molar-refractivity contribution in [2.75, 3.05) is 5.32 Å². The molecule has 1 amide bonds. The Morgan fingerprint density at radius 2 is 2.29 bits per heavy atom. The second-order valence-corrected chi connectivity index (χ2v) is 7.32. The molecule has 1 unspecified atom stereocenters. The zero-order valence-corrected chi connectivity index (χ0v) is 13.6. The van der Waals surface area contributed by atoms with Crippen LogP contribution < -0.4 is 5.32 Å². The molecule has 0 saturated carbocycles. The normalized spacial score (nSPS) is 11.7. The topological polar surface area (TPSA) is 78.7 Å². The number of halogens is 1. The van der Waals surface area contributed by atoms with Gasteiger partial charge in [0.1, 0.15) is 11.1 Å². The van der Waals surface area contributed by atoms with E-state index in [9.17, 15) is 4.79 Å². The van der Waals surface area contributed by atoms with E-state index >= 15 is 0 Å². The molecule has 1 atom stereocenters. The highest BCUT2D eigenvalue weighted by molar-refractivity contribution is 8.02. The van der Waals surface area contributed by atoms with Crippen LogP contribution in [-0.4, -0.2) is 21.4 Å². The van der Waals surface area contributed by atoms with Crippen molar-refractivity contribution in [1.82, 2.24) is 10.2 Å². The molecule has 0 aliphatic rings. The van der Waals surface area contributed by atoms with Gasteiger partial charge in [0, 0.05) is 5.69 Å². The van der Waals surface area contributed by atoms with E-state index in [0.29, 0.717) is 16.3 Å². The molecular formula is C13H11ClN4OS2. The van der Waals surface area contributed by atoms with Gasteiger partial charge in [0.05, 0.1) is 15.8 Å². The van der Waals surface area contributed by atoms with Gasteiger partial charge in [-0.1, -0.05) is 34.7 Å². The molecule has 8 heteroatoms. The Balaban J connectivity index is 2.00. The van der Waals surface area contributed by atoms with E-state index in [1.807, 2.05) is 13.0 Å². The van der Waals surface area contributed by atoms with Gasteiger partial charge in [0.2, 0.25) is 5.91 Å². The largest absolute Gasteiger partial charge is 0.325 e. The predicted octanol–water partition coefficient (Wildman–Crippen LogP) is 3.49. The number of hydrogen-bond donors (Lipinski definition) is 1. The monoisotopic (exact) mass is 338 g/mol. The zero-order chi connectivity index (χ0) is 15.4. The van der Waals surface area contributed by atoms with E-state index in [2.05, 4.69) is 15.5 Å². The number of thioether (sulfide) groups is 1. The summed E-state index contributed by atoms with van der Waals surface area (Å²) in [4.78, 5) is 12.1. The summed E-state index contributed by atoms with van der Waals surface area (Å²) < 4.78 is 0.757. The molecule has 108 valence electrons. The highest BCUT2D eigenvalue weighted by Gasteiger charge is 2.17. The molecule has 21 heavy (non-hydrogen) atoms. The fraction of sp³-hybridized carbons (Fsp3) is 0.231. The third-order valence-electron chi connectivity index (χ3n) is 2.51. The number of nitrogens with one attached hydrogen (secondary N) is 1. The molecule has 0 radical (unpaired) electrons. The van der Waals surface area contributed by atoms with Gasteiger partial charge in [0.25, 0.3) is 0 Å². The third-order valence-corrected chi connectivity index (χ3v) is 4.85. The fourth-order valence-corrected chi connectivity index (χ4v) is 3.64. The van der Waals surface area contributed by atoms with Crippen molar-refractivity contribution in [2.45, 2.75) is 23.4 Å². The maximum Gasteiger partial charge on any atom is 0.237 e. The van der Waals surface area contributed by atoms with Gasteiger partial charge < -0.3 is 5.32 Å². The molecule has 1 N–H and O–H groups in total. The SMILES string of the molecule is Cc1nnc(SC(C)C(=O)Nc2ccc(C#N)c(Cl)c2)s1. The summed E-state index contributed by atoms with van der Waals surface area (Å²) in [5, 5.41) is 20.3. The standard InChI is InChI=1S/C13H11ClN4OS2/c1-7(20-13-18-17-8(2)21-13)12(19)16-10-4-3-9(6-15)11(14)5-10/h3-5,7H,1-2H3,(H,16,19). The van der Waals surface area contributed by atoms with Crippen molar-refractivity contribution in [3.63, 3.8) is 0 Å². The number of nitriles is 1. The van der Waals surface area contributed by atoms with Crippen LogP contribution in [-0.2, 0) is 4.79 Å². The minimum absolute atomic E-state index is 0.159. The molecule has 0 aliphatic heterocycles. The molecular weight excluding hydrogens is 328 g/mol. The van der Waals surface area contributed by atoms with E-state index in [0.717, 1.165) is 9.35 Å². The molecule has 0 spiro atoms. The van der Waals surface area contributed by atoms with Crippen LogP contribution in [0.5, 0.6) is 0 Å². The minimum Gasteiger partial charge on any atom is -0.325 e. The first-order valence-electron chi connectivity index (χ1n) is 5.97. The van der Waals surface area contributed by atoms with E-state index in [4.69, 9.17) is 16.9 Å². The summed E-state index contributed by atoms with van der Waals surface area (Å²) in [5.41, 5.74) is 0.936. The molecule has 0 fully saturated rings. The number of rotatable bonds is 4. The summed E-state index contributed by atoms with van der Waals surface area (Å²) in [6.45, 7) is 3.66. The van der Waals surface area contributed by atoms with Gasteiger partial charge in [-0.05, 0) is 32.0 Å². The van der Waals surface area contributed by atoms with Crippen LogP contribution in [0.15, 0.2) is 22.5 Å². The van der Waals surface area contributed by atoms with Crippen LogP contribution in [0, 0.1) is 18.3 Å². The van der Waals surface area contributed by atoms with Crippen LogP contribution >= 0.6 is 34.7 Å². The summed E-state index contributed by atoms with van der Waals surface area (Å²) in [6, 6.07) is 6.75. The third kappa shape index (κ3) is 4.17. The Hall–Kier alpha value is -1.62. The van der Waals surface area contributed by atoms with E-state index in [1.54, 1.807) is 25.1 Å². The average molecular weight is 339 g/mol. The number of anilines is 1. The second-order valence-electron chi connectivity index (χ2n) is 4.14. The predicted molar refractivity (Wildman–Crippen MR) is 84.8 cm³/mol. The molecule has 5 nitrogen and oxygen atoms in total. The zero-order valence-electron chi connectivity index (χ0n) is 11.3. The van der Waals surface area contributed by atoms with Crippen LogP contribution in [0.2, 0.25) is 5.02 Å². The van der Waals surface area contributed by atoms with Crippen LogP contribution in [0.25, 0.3) is 0 Å². The first-order valence-corrected chi connectivity index (χ1v) is 8.04. The lowest BCUT2D eigenvalue weighted by Gasteiger charge is -2.10. The van der Waals surface area contributed by atoms with Crippen LogP contribution in [0.3, 0.4) is 0 Å². The number of hydrogen-bond acceptors (Lipinski definition) is 6. The van der Waals surface area contributed by atoms with Gasteiger partial charge in [-0.25, -0.2) is 0 Å². The molecule has 1 aromatic heterocycles. The number of carbonyl (C=O) groups excluding carboxylic acids is 1. The van der Waals surface area contributed by atoms with Crippen molar-refractivity contribution >= 4 is 46.3 Å². The minimum atomic E-state index is -0.313. The van der Waals surface area contributed by atoms with Crippen LogP contribution in [0.1, 0.15) is 17.5 Å². The average Bonchev–Trinajstić information content (AvgIpc) is 2.84. The Bertz CT molecular complexity index is 710. The Morgan fingerprint density at radius 1 is 1.52 bits per heavy atom. The first kappa shape index (κ1) is 15.8. The van der Waals surface area contributed by atoms with Crippen LogP contribution in [0.4, 0.5) is 5.69 Å². The lowest BCUT2D eigenvalue weighted by molar-refractivity contribution is -0.115. The summed E-state index contributed by atoms with van der Waals surface area (Å²) in [6.07, 6.45) is 0. The summed E-state index contributed by atoms with van der Waals surface area (Å²) in [7, 11) is 0. The number of aromatic nitrogens is 2. The number of amides is 1.